The van der Waals surface area contributed by atoms with Gasteiger partial charge in [0.05, 0.1) is 19.4 Å². The first kappa shape index (κ1) is 16.3. The summed E-state index contributed by atoms with van der Waals surface area (Å²) in [5, 5.41) is 8.10. The molecule has 0 radical (unpaired) electrons. The van der Waals surface area contributed by atoms with Crippen molar-refractivity contribution in [2.24, 2.45) is 5.92 Å². The Morgan fingerprint density at radius 3 is 3.00 bits per heavy atom. The molecule has 0 N–H and O–H groups in total. The standard InChI is InChI=1S/C20H25N3O2/c1-24-18-8-4-9-19-20(18)17-13-23(12-15(17)14-25-19)11-3-2-6-16-7-5-10-21-22-16/h4-5,7-10,15,17H,2-3,6,11-14H2,1H3/t15-,17+/m0/s1. The molecule has 1 aromatic carbocycles. The topological polar surface area (TPSA) is 47.5 Å². The molecule has 0 bridgehead atoms. The maximum atomic E-state index is 5.99. The molecule has 2 aromatic rings. The van der Waals surface area contributed by atoms with Gasteiger partial charge in [-0.25, -0.2) is 0 Å². The molecule has 5 heteroatoms. The zero-order valence-corrected chi connectivity index (χ0v) is 14.7. The van der Waals surface area contributed by atoms with Crippen LogP contribution in [0.15, 0.2) is 36.5 Å². The average Bonchev–Trinajstić information content (AvgIpc) is 3.08. The van der Waals surface area contributed by atoms with Gasteiger partial charge in [0, 0.05) is 36.7 Å². The van der Waals surface area contributed by atoms with E-state index in [4.69, 9.17) is 9.47 Å². The molecule has 0 amide bonds. The molecule has 2 aliphatic heterocycles. The van der Waals surface area contributed by atoms with Gasteiger partial charge in [-0.05, 0) is 50.1 Å². The highest BCUT2D eigenvalue weighted by molar-refractivity contribution is 5.49. The summed E-state index contributed by atoms with van der Waals surface area (Å²) in [4.78, 5) is 2.58. The fourth-order valence-electron chi connectivity index (χ4n) is 4.14. The van der Waals surface area contributed by atoms with E-state index in [9.17, 15) is 0 Å². The number of fused-ring (bicyclic) bond motifs is 3. The largest absolute Gasteiger partial charge is 0.496 e. The number of unbranched alkanes of at least 4 members (excludes halogenated alkanes) is 1. The Morgan fingerprint density at radius 2 is 2.16 bits per heavy atom. The summed E-state index contributed by atoms with van der Waals surface area (Å²) in [6.45, 7) is 4.18. The van der Waals surface area contributed by atoms with Crippen LogP contribution in [0.4, 0.5) is 0 Å². The van der Waals surface area contributed by atoms with E-state index in [-0.39, 0.29) is 0 Å². The predicted octanol–water partition coefficient (Wildman–Crippen LogP) is 2.92. The van der Waals surface area contributed by atoms with Crippen molar-refractivity contribution in [1.82, 2.24) is 15.1 Å². The van der Waals surface area contributed by atoms with Crippen LogP contribution in [0.3, 0.4) is 0 Å². The van der Waals surface area contributed by atoms with Crippen molar-refractivity contribution < 1.29 is 9.47 Å². The molecule has 0 spiro atoms. The van der Waals surface area contributed by atoms with Crippen molar-refractivity contribution >= 4 is 0 Å². The van der Waals surface area contributed by atoms with Crippen LogP contribution in [0.25, 0.3) is 0 Å². The molecule has 5 nitrogen and oxygen atoms in total. The molecule has 1 aromatic heterocycles. The van der Waals surface area contributed by atoms with Crippen LogP contribution in [-0.4, -0.2) is 48.4 Å². The van der Waals surface area contributed by atoms with E-state index < -0.39 is 0 Å². The van der Waals surface area contributed by atoms with E-state index in [1.807, 2.05) is 18.2 Å². The molecule has 2 atom stereocenters. The van der Waals surface area contributed by atoms with Gasteiger partial charge >= 0.3 is 0 Å². The Morgan fingerprint density at radius 1 is 1.20 bits per heavy atom. The molecule has 0 unspecified atom stereocenters. The number of aromatic nitrogens is 2. The molecule has 2 aliphatic rings. The lowest BCUT2D eigenvalue weighted by atomic mass is 9.86. The number of likely N-dealkylation sites (tertiary alicyclic amines) is 1. The fraction of sp³-hybridized carbons (Fsp3) is 0.500. The second kappa shape index (κ2) is 7.40. The maximum Gasteiger partial charge on any atom is 0.126 e. The highest BCUT2D eigenvalue weighted by Crippen LogP contribution is 2.45. The maximum absolute atomic E-state index is 5.99. The van der Waals surface area contributed by atoms with Crippen molar-refractivity contribution in [2.75, 3.05) is 33.4 Å². The lowest BCUT2D eigenvalue weighted by Crippen LogP contribution is -2.25. The molecule has 0 aliphatic carbocycles. The number of nitrogens with zero attached hydrogens (tertiary/aromatic N) is 3. The van der Waals surface area contributed by atoms with Gasteiger partial charge in [-0.15, -0.1) is 0 Å². The smallest absolute Gasteiger partial charge is 0.126 e. The SMILES string of the molecule is COc1cccc2c1[C@@H]1CN(CCCCc3cccnn3)C[C@H]1CO2. The van der Waals surface area contributed by atoms with Crippen molar-refractivity contribution in [1.29, 1.82) is 0 Å². The first-order chi connectivity index (χ1) is 12.3. The molecular weight excluding hydrogens is 314 g/mol. The zero-order chi connectivity index (χ0) is 17.1. The Hall–Kier alpha value is -2.14. The van der Waals surface area contributed by atoms with Gasteiger partial charge < -0.3 is 14.4 Å². The molecule has 3 heterocycles. The Kier molecular flexibility index (Phi) is 4.83. The van der Waals surface area contributed by atoms with Crippen LogP contribution in [0.5, 0.6) is 11.5 Å². The minimum Gasteiger partial charge on any atom is -0.496 e. The van der Waals surface area contributed by atoms with Crippen LogP contribution in [-0.2, 0) is 6.42 Å². The fourth-order valence-corrected chi connectivity index (χ4v) is 4.14. The lowest BCUT2D eigenvalue weighted by molar-refractivity contribution is 0.209. The van der Waals surface area contributed by atoms with Gasteiger partial charge in [0.25, 0.3) is 0 Å². The minimum absolute atomic E-state index is 0.528. The molecule has 1 saturated heterocycles. The number of hydrogen-bond acceptors (Lipinski definition) is 5. The van der Waals surface area contributed by atoms with Crippen LogP contribution >= 0.6 is 0 Å². The molecule has 1 fully saturated rings. The van der Waals surface area contributed by atoms with Gasteiger partial charge in [-0.3, -0.25) is 0 Å². The van der Waals surface area contributed by atoms with Crippen molar-refractivity contribution in [3.63, 3.8) is 0 Å². The third-order valence-corrected chi connectivity index (χ3v) is 5.37. The van der Waals surface area contributed by atoms with Crippen LogP contribution in [0.1, 0.15) is 30.0 Å². The average molecular weight is 339 g/mol. The number of ether oxygens (including phenoxy) is 2. The number of methoxy groups -OCH3 is 1. The van der Waals surface area contributed by atoms with Crippen molar-refractivity contribution in [3.8, 4) is 11.5 Å². The normalized spacial score (nSPS) is 22.1. The number of aryl methyl sites for hydroxylation is 1. The summed E-state index contributed by atoms with van der Waals surface area (Å²) >= 11 is 0. The summed E-state index contributed by atoms with van der Waals surface area (Å²) in [5.41, 5.74) is 2.35. The molecular formula is C20H25N3O2. The minimum atomic E-state index is 0.528. The summed E-state index contributed by atoms with van der Waals surface area (Å²) in [7, 11) is 1.75. The zero-order valence-electron chi connectivity index (χ0n) is 14.7. The Bertz CT molecular complexity index is 693. The first-order valence-corrected chi connectivity index (χ1v) is 9.14. The summed E-state index contributed by atoms with van der Waals surface area (Å²) in [5.74, 6) is 3.07. The number of benzene rings is 1. The monoisotopic (exact) mass is 339 g/mol. The highest BCUT2D eigenvalue weighted by atomic mass is 16.5. The molecule has 0 saturated carbocycles. The third-order valence-electron chi connectivity index (χ3n) is 5.37. The summed E-state index contributed by atoms with van der Waals surface area (Å²) < 4.78 is 11.6. The van der Waals surface area contributed by atoms with E-state index in [1.165, 1.54) is 12.0 Å². The van der Waals surface area contributed by atoms with Crippen LogP contribution in [0, 0.1) is 5.92 Å². The van der Waals surface area contributed by atoms with E-state index >= 15 is 0 Å². The highest BCUT2D eigenvalue weighted by Gasteiger charge is 2.40. The summed E-state index contributed by atoms with van der Waals surface area (Å²) in [6.07, 6.45) is 5.08. The second-order valence-corrected chi connectivity index (χ2v) is 6.98. The Balaban J connectivity index is 1.33. The lowest BCUT2D eigenvalue weighted by Gasteiger charge is -2.29. The van der Waals surface area contributed by atoms with E-state index in [0.717, 1.165) is 56.3 Å². The van der Waals surface area contributed by atoms with Crippen LogP contribution in [0.2, 0.25) is 0 Å². The van der Waals surface area contributed by atoms with Crippen molar-refractivity contribution in [3.05, 3.63) is 47.8 Å². The van der Waals surface area contributed by atoms with Gasteiger partial charge in [0.2, 0.25) is 0 Å². The van der Waals surface area contributed by atoms with Gasteiger partial charge in [0.1, 0.15) is 11.5 Å². The van der Waals surface area contributed by atoms with Crippen molar-refractivity contribution in [2.45, 2.75) is 25.2 Å². The van der Waals surface area contributed by atoms with Gasteiger partial charge in [-0.1, -0.05) is 6.07 Å². The third kappa shape index (κ3) is 3.47. The van der Waals surface area contributed by atoms with Crippen LogP contribution < -0.4 is 9.47 Å². The van der Waals surface area contributed by atoms with E-state index in [2.05, 4.69) is 27.2 Å². The van der Waals surface area contributed by atoms with Gasteiger partial charge in [0.15, 0.2) is 0 Å². The first-order valence-electron chi connectivity index (χ1n) is 9.14. The quantitative estimate of drug-likeness (QED) is 0.757. The number of hydrogen-bond donors (Lipinski definition) is 0. The van der Waals surface area contributed by atoms with E-state index in [1.54, 1.807) is 13.3 Å². The molecule has 132 valence electrons. The molecule has 4 rings (SSSR count). The van der Waals surface area contributed by atoms with E-state index in [0.29, 0.717) is 11.8 Å². The molecule has 25 heavy (non-hydrogen) atoms. The Labute approximate surface area is 149 Å². The predicted molar refractivity (Wildman–Crippen MR) is 96.1 cm³/mol. The van der Waals surface area contributed by atoms with Gasteiger partial charge in [-0.2, -0.15) is 10.2 Å². The second-order valence-electron chi connectivity index (χ2n) is 6.98. The number of rotatable bonds is 6. The summed E-state index contributed by atoms with van der Waals surface area (Å²) in [6, 6.07) is 10.1.